The summed E-state index contributed by atoms with van der Waals surface area (Å²) in [6.07, 6.45) is 14.0. The van der Waals surface area contributed by atoms with Gasteiger partial charge in [0.25, 0.3) is 0 Å². The van der Waals surface area contributed by atoms with Crippen molar-refractivity contribution >= 4 is 5.91 Å². The van der Waals surface area contributed by atoms with Gasteiger partial charge in [-0.15, -0.1) is 0 Å². The average molecular weight is 558 g/mol. The van der Waals surface area contributed by atoms with E-state index in [1.807, 2.05) is 6.08 Å². The standard InChI is InChI=1S/C30H55NO8/c1-3-5-7-9-11-12-13-14-16-18-20-26(34)31-23(24(33)19-17-15-10-8-6-4-2)22-38-30-29(37)28(36)27(35)25(21-32)39-30/h7,9,17,19,23-25,27-30,32-33,35-37H,3-6,8,10-16,18,20-22H2,1-2H3,(H,31,34)/b9-7-,19-17+. The Labute approximate surface area is 235 Å². The molecule has 0 radical (unpaired) electrons. The Morgan fingerprint density at radius 2 is 1.49 bits per heavy atom. The second-order valence-electron chi connectivity index (χ2n) is 10.5. The summed E-state index contributed by atoms with van der Waals surface area (Å²) in [6, 6.07) is -0.799. The number of nitrogens with one attached hydrogen (secondary N) is 1. The predicted octanol–water partition coefficient (Wildman–Crippen LogP) is 3.26. The van der Waals surface area contributed by atoms with E-state index in [1.165, 1.54) is 6.42 Å². The van der Waals surface area contributed by atoms with Crippen LogP contribution >= 0.6 is 0 Å². The van der Waals surface area contributed by atoms with Crippen molar-refractivity contribution in [1.29, 1.82) is 0 Å². The maximum Gasteiger partial charge on any atom is 0.220 e. The van der Waals surface area contributed by atoms with E-state index in [9.17, 15) is 30.3 Å². The fraction of sp³-hybridized carbons (Fsp3) is 0.833. The van der Waals surface area contributed by atoms with Gasteiger partial charge in [0.2, 0.25) is 5.91 Å². The number of amides is 1. The van der Waals surface area contributed by atoms with E-state index < -0.39 is 49.5 Å². The van der Waals surface area contributed by atoms with E-state index in [1.54, 1.807) is 6.08 Å². The molecule has 0 aromatic rings. The lowest BCUT2D eigenvalue weighted by atomic mass is 9.99. The Morgan fingerprint density at radius 3 is 2.18 bits per heavy atom. The van der Waals surface area contributed by atoms with Gasteiger partial charge in [-0.1, -0.05) is 83.1 Å². The molecule has 9 heteroatoms. The molecule has 7 atom stereocenters. The number of carbonyl (C=O) groups is 1. The van der Waals surface area contributed by atoms with Crippen LogP contribution in [0.2, 0.25) is 0 Å². The van der Waals surface area contributed by atoms with Crippen LogP contribution in [0.4, 0.5) is 0 Å². The third-order valence-electron chi connectivity index (χ3n) is 7.00. The summed E-state index contributed by atoms with van der Waals surface area (Å²) in [4.78, 5) is 12.7. The molecule has 1 fully saturated rings. The molecule has 1 saturated heterocycles. The van der Waals surface area contributed by atoms with Gasteiger partial charge in [0.15, 0.2) is 6.29 Å². The number of hydrogen-bond acceptors (Lipinski definition) is 8. The van der Waals surface area contributed by atoms with Crippen LogP contribution in [-0.2, 0) is 14.3 Å². The summed E-state index contributed by atoms with van der Waals surface area (Å²) in [5.41, 5.74) is 0. The molecule has 1 aliphatic heterocycles. The number of aliphatic hydroxyl groups excluding tert-OH is 5. The van der Waals surface area contributed by atoms with Crippen LogP contribution in [0.25, 0.3) is 0 Å². The molecule has 0 aromatic carbocycles. The third kappa shape index (κ3) is 15.3. The van der Waals surface area contributed by atoms with Crippen molar-refractivity contribution in [2.45, 2.75) is 147 Å². The lowest BCUT2D eigenvalue weighted by Gasteiger charge is -2.40. The summed E-state index contributed by atoms with van der Waals surface area (Å²) in [6.45, 7) is 3.56. The van der Waals surface area contributed by atoms with Gasteiger partial charge in [-0.05, 0) is 38.5 Å². The second kappa shape index (κ2) is 22.4. The molecule has 1 amide bonds. The first-order valence-corrected chi connectivity index (χ1v) is 15.1. The summed E-state index contributed by atoms with van der Waals surface area (Å²) in [7, 11) is 0. The molecule has 1 aliphatic rings. The van der Waals surface area contributed by atoms with Gasteiger partial charge in [0, 0.05) is 6.42 Å². The smallest absolute Gasteiger partial charge is 0.220 e. The Hall–Kier alpha value is -1.33. The number of allylic oxidation sites excluding steroid dienone is 3. The Balaban J connectivity index is 2.56. The van der Waals surface area contributed by atoms with Crippen LogP contribution in [0.15, 0.2) is 24.3 Å². The Bertz CT molecular complexity index is 671. The fourth-order valence-corrected chi connectivity index (χ4v) is 4.45. The molecule has 0 aliphatic carbocycles. The molecule has 0 saturated carbocycles. The zero-order valence-electron chi connectivity index (χ0n) is 24.1. The molecule has 1 rings (SSSR count). The summed E-state index contributed by atoms with van der Waals surface area (Å²) in [5, 5.41) is 53.2. The number of unbranched alkanes of at least 4 members (excludes halogenated alkanes) is 10. The number of hydrogen-bond donors (Lipinski definition) is 6. The van der Waals surface area contributed by atoms with Gasteiger partial charge >= 0.3 is 0 Å². The summed E-state index contributed by atoms with van der Waals surface area (Å²) in [5.74, 6) is -0.199. The molecule has 6 N–H and O–H groups in total. The number of aliphatic hydroxyl groups is 5. The molecule has 7 unspecified atom stereocenters. The molecule has 1 heterocycles. The van der Waals surface area contributed by atoms with Crippen molar-refractivity contribution in [3.63, 3.8) is 0 Å². The van der Waals surface area contributed by atoms with Crippen molar-refractivity contribution < 1.29 is 39.8 Å². The SMILES string of the molecule is CCC/C=C\CCCCCCCC(=O)NC(COC1OC(CO)C(O)C(O)C1O)C(O)/C=C/CCCCCC. The van der Waals surface area contributed by atoms with E-state index in [0.29, 0.717) is 6.42 Å². The molecule has 228 valence electrons. The minimum atomic E-state index is -1.56. The van der Waals surface area contributed by atoms with Gasteiger partial charge in [-0.3, -0.25) is 4.79 Å². The minimum Gasteiger partial charge on any atom is -0.394 e. The highest BCUT2D eigenvalue weighted by molar-refractivity contribution is 5.76. The minimum absolute atomic E-state index is 0.193. The molecular formula is C30H55NO8. The van der Waals surface area contributed by atoms with E-state index in [-0.39, 0.29) is 12.5 Å². The quantitative estimate of drug-likeness (QED) is 0.0878. The summed E-state index contributed by atoms with van der Waals surface area (Å²) < 4.78 is 11.0. The Kier molecular flexibility index (Phi) is 20.5. The molecule has 0 bridgehead atoms. The predicted molar refractivity (Wildman–Crippen MR) is 152 cm³/mol. The Morgan fingerprint density at radius 1 is 0.846 bits per heavy atom. The topological polar surface area (TPSA) is 149 Å². The fourth-order valence-electron chi connectivity index (χ4n) is 4.45. The van der Waals surface area contributed by atoms with Crippen LogP contribution in [0, 0.1) is 0 Å². The molecular weight excluding hydrogens is 502 g/mol. The normalized spacial score (nSPS) is 25.4. The first-order valence-electron chi connectivity index (χ1n) is 15.1. The average Bonchev–Trinajstić information content (AvgIpc) is 2.93. The van der Waals surface area contributed by atoms with E-state index in [2.05, 4.69) is 31.3 Å². The zero-order chi connectivity index (χ0) is 28.9. The highest BCUT2D eigenvalue weighted by atomic mass is 16.7. The van der Waals surface area contributed by atoms with Crippen LogP contribution in [0.3, 0.4) is 0 Å². The van der Waals surface area contributed by atoms with E-state index in [4.69, 9.17) is 9.47 Å². The third-order valence-corrected chi connectivity index (χ3v) is 7.00. The van der Waals surface area contributed by atoms with Crippen LogP contribution in [-0.4, -0.2) is 87.5 Å². The highest BCUT2D eigenvalue weighted by Crippen LogP contribution is 2.22. The monoisotopic (exact) mass is 557 g/mol. The zero-order valence-corrected chi connectivity index (χ0v) is 24.1. The van der Waals surface area contributed by atoms with Crippen molar-refractivity contribution in [2.24, 2.45) is 0 Å². The lowest BCUT2D eigenvalue weighted by molar-refractivity contribution is -0.302. The van der Waals surface area contributed by atoms with E-state index >= 15 is 0 Å². The van der Waals surface area contributed by atoms with Crippen molar-refractivity contribution in [3.05, 3.63) is 24.3 Å². The molecule has 39 heavy (non-hydrogen) atoms. The number of rotatable bonds is 22. The molecule has 9 nitrogen and oxygen atoms in total. The summed E-state index contributed by atoms with van der Waals surface area (Å²) >= 11 is 0. The van der Waals surface area contributed by atoms with Gasteiger partial charge in [-0.2, -0.15) is 0 Å². The highest BCUT2D eigenvalue weighted by Gasteiger charge is 2.44. The van der Waals surface area contributed by atoms with Crippen LogP contribution in [0.1, 0.15) is 104 Å². The maximum atomic E-state index is 12.7. The van der Waals surface area contributed by atoms with Crippen molar-refractivity contribution in [3.8, 4) is 0 Å². The van der Waals surface area contributed by atoms with Crippen molar-refractivity contribution in [1.82, 2.24) is 5.32 Å². The molecule has 0 spiro atoms. The maximum absolute atomic E-state index is 12.7. The van der Waals surface area contributed by atoms with Crippen LogP contribution < -0.4 is 5.32 Å². The van der Waals surface area contributed by atoms with E-state index in [0.717, 1.165) is 77.0 Å². The van der Waals surface area contributed by atoms with Crippen LogP contribution in [0.5, 0.6) is 0 Å². The van der Waals surface area contributed by atoms with Gasteiger partial charge in [0.1, 0.15) is 24.4 Å². The van der Waals surface area contributed by atoms with Gasteiger partial charge < -0.3 is 40.3 Å². The largest absolute Gasteiger partial charge is 0.394 e. The van der Waals surface area contributed by atoms with Gasteiger partial charge in [-0.25, -0.2) is 0 Å². The number of ether oxygens (including phenoxy) is 2. The van der Waals surface area contributed by atoms with Gasteiger partial charge in [0.05, 0.1) is 25.4 Å². The molecule has 0 aromatic heterocycles. The first kappa shape index (κ1) is 35.7. The number of carbonyl (C=O) groups excluding carboxylic acids is 1. The van der Waals surface area contributed by atoms with Crippen molar-refractivity contribution in [2.75, 3.05) is 13.2 Å². The first-order chi connectivity index (χ1) is 18.8. The lowest BCUT2D eigenvalue weighted by Crippen LogP contribution is -2.60. The second-order valence-corrected chi connectivity index (χ2v) is 10.5.